The molecule has 0 heterocycles. The highest BCUT2D eigenvalue weighted by molar-refractivity contribution is 7.86. The Kier molecular flexibility index (Phi) is 23.9. The Morgan fingerprint density at radius 2 is 0.900 bits per heavy atom. The van der Waals surface area contributed by atoms with E-state index >= 15 is 0 Å². The second-order valence-electron chi connectivity index (χ2n) is 11.5. The molecule has 0 spiro atoms. The average Bonchev–Trinajstić information content (AvgIpc) is 2.94. The van der Waals surface area contributed by atoms with E-state index in [2.05, 4.69) is 13.8 Å². The van der Waals surface area contributed by atoms with Gasteiger partial charge in [0.15, 0.2) is 0 Å². The molecule has 0 radical (unpaired) electrons. The molecule has 40 heavy (non-hydrogen) atoms. The molecule has 0 unspecified atom stereocenters. The number of unbranched alkanes of at least 4 members (excludes halogenated alkanes) is 18. The zero-order valence-corrected chi connectivity index (χ0v) is 27.1. The van der Waals surface area contributed by atoms with Crippen molar-refractivity contribution in [1.82, 2.24) is 0 Å². The third kappa shape index (κ3) is 20.9. The lowest BCUT2D eigenvalue weighted by Crippen LogP contribution is -2.29. The largest absolute Gasteiger partial charge is 0.379 e. The summed E-state index contributed by atoms with van der Waals surface area (Å²) in [5, 5.41) is 0. The van der Waals surface area contributed by atoms with Gasteiger partial charge in [0.25, 0.3) is 10.1 Å². The van der Waals surface area contributed by atoms with Crippen LogP contribution in [0, 0.1) is 6.92 Å². The van der Waals surface area contributed by atoms with Crippen LogP contribution in [0.15, 0.2) is 29.2 Å². The molecule has 0 N–H and O–H groups in total. The highest BCUT2D eigenvalue weighted by Gasteiger charge is 2.22. The molecule has 0 aromatic heterocycles. The van der Waals surface area contributed by atoms with Crippen molar-refractivity contribution in [1.29, 1.82) is 0 Å². The predicted octanol–water partition coefficient (Wildman–Crippen LogP) is 9.94. The molecule has 0 bridgehead atoms. The molecule has 0 saturated carbocycles. The lowest BCUT2D eigenvalue weighted by Gasteiger charge is -2.18. The summed E-state index contributed by atoms with van der Waals surface area (Å²) >= 11 is 0. The van der Waals surface area contributed by atoms with Crippen LogP contribution in [0.1, 0.15) is 148 Å². The van der Waals surface area contributed by atoms with Gasteiger partial charge in [-0.1, -0.05) is 147 Å². The van der Waals surface area contributed by atoms with Crippen molar-refractivity contribution in [2.45, 2.75) is 160 Å². The van der Waals surface area contributed by atoms with Gasteiger partial charge in [-0.3, -0.25) is 4.18 Å². The Labute approximate surface area is 248 Å². The predicted molar refractivity (Wildman–Crippen MR) is 169 cm³/mol. The fourth-order valence-corrected chi connectivity index (χ4v) is 5.91. The zero-order valence-electron chi connectivity index (χ0n) is 26.3. The SMILES string of the molecule is CCCCCCCCCCCCOCC(COCCCCCCCCCCCC)OS(=O)(=O)c1ccc(C)cc1. The molecular formula is C34H62O5S. The molecule has 0 fully saturated rings. The summed E-state index contributed by atoms with van der Waals surface area (Å²) in [6.07, 6.45) is 24.9. The molecule has 6 heteroatoms. The minimum Gasteiger partial charge on any atom is -0.379 e. The minimum atomic E-state index is -3.87. The van der Waals surface area contributed by atoms with Crippen molar-refractivity contribution in [3.8, 4) is 0 Å². The van der Waals surface area contributed by atoms with Gasteiger partial charge in [0, 0.05) is 13.2 Å². The smallest absolute Gasteiger partial charge is 0.297 e. The third-order valence-electron chi connectivity index (χ3n) is 7.46. The minimum absolute atomic E-state index is 0.174. The maximum absolute atomic E-state index is 12.9. The number of hydrogen-bond acceptors (Lipinski definition) is 5. The fraction of sp³-hybridized carbons (Fsp3) is 0.824. The van der Waals surface area contributed by atoms with Gasteiger partial charge in [-0.2, -0.15) is 8.42 Å². The van der Waals surface area contributed by atoms with E-state index in [0.29, 0.717) is 13.2 Å². The van der Waals surface area contributed by atoms with Crippen LogP contribution in [-0.4, -0.2) is 40.9 Å². The molecule has 1 aromatic carbocycles. The molecule has 0 saturated heterocycles. The first-order valence-electron chi connectivity index (χ1n) is 16.6. The standard InChI is InChI=1S/C34H62O5S/c1-4-6-8-10-12-14-16-18-20-22-28-37-30-33(39-40(35,36)34-26-24-32(3)25-27-34)31-38-29-23-21-19-17-15-13-11-9-7-5-2/h24-27,33H,4-23,28-31H2,1-3H3. The Morgan fingerprint density at radius 1 is 0.550 bits per heavy atom. The molecule has 0 amide bonds. The molecule has 0 aliphatic heterocycles. The first kappa shape index (κ1) is 37.1. The summed E-state index contributed by atoms with van der Waals surface area (Å²) < 4.78 is 43.0. The fourth-order valence-electron chi connectivity index (χ4n) is 4.86. The second-order valence-corrected chi connectivity index (χ2v) is 13.1. The van der Waals surface area contributed by atoms with Crippen molar-refractivity contribution in [2.24, 2.45) is 0 Å². The van der Waals surface area contributed by atoms with Crippen LogP contribution in [0.2, 0.25) is 0 Å². The summed E-state index contributed by atoms with van der Waals surface area (Å²) in [4.78, 5) is 0.174. The van der Waals surface area contributed by atoms with E-state index < -0.39 is 16.2 Å². The molecule has 1 rings (SSSR count). The molecule has 234 valence electrons. The molecule has 0 aliphatic rings. The van der Waals surface area contributed by atoms with Crippen LogP contribution in [0.25, 0.3) is 0 Å². The van der Waals surface area contributed by atoms with Gasteiger partial charge in [-0.15, -0.1) is 0 Å². The van der Waals surface area contributed by atoms with Crippen molar-refractivity contribution < 1.29 is 22.1 Å². The average molecular weight is 583 g/mol. The zero-order chi connectivity index (χ0) is 29.2. The topological polar surface area (TPSA) is 61.8 Å². The van der Waals surface area contributed by atoms with E-state index in [0.717, 1.165) is 31.2 Å². The van der Waals surface area contributed by atoms with Crippen molar-refractivity contribution in [2.75, 3.05) is 26.4 Å². The van der Waals surface area contributed by atoms with Crippen LogP contribution in [-0.2, 0) is 23.8 Å². The highest BCUT2D eigenvalue weighted by atomic mass is 32.2. The van der Waals surface area contributed by atoms with Crippen molar-refractivity contribution in [3.05, 3.63) is 29.8 Å². The third-order valence-corrected chi connectivity index (χ3v) is 8.84. The van der Waals surface area contributed by atoms with Crippen LogP contribution in [0.3, 0.4) is 0 Å². The van der Waals surface area contributed by atoms with E-state index in [-0.39, 0.29) is 18.1 Å². The number of benzene rings is 1. The van der Waals surface area contributed by atoms with Crippen LogP contribution >= 0.6 is 0 Å². The Balaban J connectivity index is 2.29. The number of rotatable bonds is 29. The van der Waals surface area contributed by atoms with Crippen molar-refractivity contribution >= 4 is 10.1 Å². The highest BCUT2D eigenvalue weighted by Crippen LogP contribution is 2.17. The Bertz CT molecular complexity index is 750. The molecule has 0 atom stereocenters. The summed E-state index contributed by atoms with van der Waals surface area (Å²) in [7, 11) is -3.87. The first-order valence-corrected chi connectivity index (χ1v) is 18.1. The molecule has 5 nitrogen and oxygen atoms in total. The number of ether oxygens (including phenoxy) is 2. The van der Waals surface area contributed by atoms with Gasteiger partial charge < -0.3 is 9.47 Å². The quantitative estimate of drug-likeness (QED) is 0.0695. The Hall–Kier alpha value is -0.950. The summed E-state index contributed by atoms with van der Waals surface area (Å²) in [6, 6.07) is 6.76. The maximum atomic E-state index is 12.9. The van der Waals surface area contributed by atoms with Gasteiger partial charge >= 0.3 is 0 Å². The molecule has 0 aliphatic carbocycles. The Morgan fingerprint density at radius 3 is 1.27 bits per heavy atom. The van der Waals surface area contributed by atoms with Crippen LogP contribution in [0.4, 0.5) is 0 Å². The van der Waals surface area contributed by atoms with Gasteiger partial charge in [-0.25, -0.2) is 0 Å². The van der Waals surface area contributed by atoms with E-state index in [4.69, 9.17) is 13.7 Å². The second kappa shape index (κ2) is 25.7. The normalized spacial score (nSPS) is 12.0. The van der Waals surface area contributed by atoms with Gasteiger partial charge in [0.2, 0.25) is 0 Å². The number of aryl methyl sites for hydroxylation is 1. The maximum Gasteiger partial charge on any atom is 0.297 e. The van der Waals surface area contributed by atoms with Gasteiger partial charge in [-0.05, 0) is 31.9 Å². The summed E-state index contributed by atoms with van der Waals surface area (Å²) in [6.45, 7) is 8.14. The number of hydrogen-bond donors (Lipinski definition) is 0. The van der Waals surface area contributed by atoms with E-state index in [1.54, 1.807) is 24.3 Å². The van der Waals surface area contributed by atoms with Crippen LogP contribution in [0.5, 0.6) is 0 Å². The monoisotopic (exact) mass is 582 g/mol. The summed E-state index contributed by atoms with van der Waals surface area (Å²) in [5.41, 5.74) is 1.01. The van der Waals surface area contributed by atoms with E-state index in [9.17, 15) is 8.42 Å². The lowest BCUT2D eigenvalue weighted by atomic mass is 10.1. The van der Waals surface area contributed by atoms with E-state index in [1.165, 1.54) is 103 Å². The van der Waals surface area contributed by atoms with Gasteiger partial charge in [0.1, 0.15) is 6.10 Å². The van der Waals surface area contributed by atoms with E-state index in [1.807, 2.05) is 6.92 Å². The summed E-state index contributed by atoms with van der Waals surface area (Å²) in [5.74, 6) is 0. The first-order chi connectivity index (χ1) is 19.5. The van der Waals surface area contributed by atoms with Gasteiger partial charge in [0.05, 0.1) is 18.1 Å². The molecular weight excluding hydrogens is 520 g/mol. The molecule has 1 aromatic rings. The van der Waals surface area contributed by atoms with Crippen LogP contribution < -0.4 is 0 Å². The van der Waals surface area contributed by atoms with Crippen molar-refractivity contribution in [3.63, 3.8) is 0 Å². The lowest BCUT2D eigenvalue weighted by molar-refractivity contribution is -0.00508.